The third-order valence-corrected chi connectivity index (χ3v) is 5.03. The molecule has 162 valence electrons. The van der Waals surface area contributed by atoms with Crippen LogP contribution in [-0.2, 0) is 11.0 Å². The van der Waals surface area contributed by atoms with Gasteiger partial charge in [0, 0.05) is 11.1 Å². The Kier molecular flexibility index (Phi) is 5.22. The highest BCUT2D eigenvalue weighted by Gasteiger charge is 2.37. The van der Waals surface area contributed by atoms with Crippen LogP contribution in [0.1, 0.15) is 27.0 Å². The Hall–Kier alpha value is -4.07. The highest BCUT2D eigenvalue weighted by Crippen LogP contribution is 2.37. The molecule has 3 aromatic rings. The average Bonchev–Trinajstić information content (AvgIpc) is 2.76. The van der Waals surface area contributed by atoms with E-state index in [2.05, 4.69) is 0 Å². The van der Waals surface area contributed by atoms with E-state index in [4.69, 9.17) is 4.74 Å². The van der Waals surface area contributed by atoms with Crippen molar-refractivity contribution >= 4 is 29.2 Å². The summed E-state index contributed by atoms with van der Waals surface area (Å²) in [6, 6.07) is 14.9. The quantitative estimate of drug-likeness (QED) is 0.453. The second-order valence-corrected chi connectivity index (χ2v) is 7.03. The number of nitrogens with zero attached hydrogens (tertiary/aromatic N) is 1. The standard InChI is InChI=1S/C24H16F3NO4/c1-32-21-10-9-14(12-20(21)29)11-19-17-7-2-3-8-18(17)22(30)28(23(19)31)16-6-4-5-15(13-16)24(25,26)27/h2-13,29H,1H3/b19-11-. The molecule has 1 aliphatic heterocycles. The van der Waals surface area contributed by atoms with Crippen LogP contribution in [-0.4, -0.2) is 24.0 Å². The van der Waals surface area contributed by atoms with Crippen LogP contribution < -0.4 is 9.64 Å². The largest absolute Gasteiger partial charge is 0.504 e. The number of amides is 2. The lowest BCUT2D eigenvalue weighted by molar-refractivity contribution is -0.137. The van der Waals surface area contributed by atoms with Crippen molar-refractivity contribution < 1.29 is 32.6 Å². The van der Waals surface area contributed by atoms with Crippen molar-refractivity contribution in [2.24, 2.45) is 0 Å². The van der Waals surface area contributed by atoms with Crippen molar-refractivity contribution in [1.29, 1.82) is 0 Å². The molecule has 8 heteroatoms. The monoisotopic (exact) mass is 439 g/mol. The molecule has 3 aromatic carbocycles. The number of halogens is 3. The summed E-state index contributed by atoms with van der Waals surface area (Å²) in [6.45, 7) is 0. The molecule has 0 aliphatic carbocycles. The van der Waals surface area contributed by atoms with Crippen LogP contribution in [0.3, 0.4) is 0 Å². The molecule has 1 aliphatic rings. The molecule has 0 saturated heterocycles. The third-order valence-electron chi connectivity index (χ3n) is 5.03. The zero-order valence-corrected chi connectivity index (χ0v) is 16.7. The maximum absolute atomic E-state index is 13.3. The molecule has 0 unspecified atom stereocenters. The Morgan fingerprint density at radius 2 is 1.62 bits per heavy atom. The first-order chi connectivity index (χ1) is 15.2. The first-order valence-electron chi connectivity index (χ1n) is 9.45. The smallest absolute Gasteiger partial charge is 0.416 e. The fourth-order valence-electron chi connectivity index (χ4n) is 3.51. The summed E-state index contributed by atoms with van der Waals surface area (Å²) in [7, 11) is 1.40. The van der Waals surface area contributed by atoms with Crippen molar-refractivity contribution in [3.8, 4) is 11.5 Å². The lowest BCUT2D eigenvalue weighted by atomic mass is 9.91. The van der Waals surface area contributed by atoms with E-state index in [0.717, 1.165) is 23.1 Å². The van der Waals surface area contributed by atoms with Gasteiger partial charge in [-0.2, -0.15) is 13.2 Å². The van der Waals surface area contributed by atoms with Gasteiger partial charge < -0.3 is 9.84 Å². The number of phenols is 1. The number of rotatable bonds is 3. The van der Waals surface area contributed by atoms with Crippen molar-refractivity contribution in [3.63, 3.8) is 0 Å². The van der Waals surface area contributed by atoms with Crippen molar-refractivity contribution in [2.45, 2.75) is 6.18 Å². The van der Waals surface area contributed by atoms with Gasteiger partial charge in [-0.05, 0) is 53.6 Å². The summed E-state index contributed by atoms with van der Waals surface area (Å²) in [5.41, 5.74) is -0.0932. The first-order valence-corrected chi connectivity index (χ1v) is 9.45. The van der Waals surface area contributed by atoms with Crippen LogP contribution in [0.2, 0.25) is 0 Å². The summed E-state index contributed by atoms with van der Waals surface area (Å²) < 4.78 is 44.6. The summed E-state index contributed by atoms with van der Waals surface area (Å²) in [5, 5.41) is 10.1. The number of hydrogen-bond acceptors (Lipinski definition) is 4. The van der Waals surface area contributed by atoms with Gasteiger partial charge in [-0.1, -0.05) is 30.3 Å². The number of aromatic hydroxyl groups is 1. The van der Waals surface area contributed by atoms with Crippen LogP contribution in [0.15, 0.2) is 66.7 Å². The lowest BCUT2D eigenvalue weighted by Gasteiger charge is -2.29. The second kappa shape index (κ2) is 7.88. The number of phenolic OH excluding ortho intramolecular Hbond substituents is 1. The lowest BCUT2D eigenvalue weighted by Crippen LogP contribution is -2.41. The van der Waals surface area contributed by atoms with Crippen molar-refractivity contribution in [3.05, 3.63) is 89.0 Å². The van der Waals surface area contributed by atoms with E-state index in [0.29, 0.717) is 11.1 Å². The van der Waals surface area contributed by atoms with Gasteiger partial charge in [0.25, 0.3) is 11.8 Å². The number of methoxy groups -OCH3 is 1. The highest BCUT2D eigenvalue weighted by atomic mass is 19.4. The number of alkyl halides is 3. The molecule has 0 radical (unpaired) electrons. The number of carbonyl (C=O) groups excluding carboxylic acids is 2. The SMILES string of the molecule is COc1ccc(/C=C2\C(=O)N(c3cccc(C(F)(F)F)c3)C(=O)c3ccccc32)cc1O. The predicted molar refractivity (Wildman–Crippen MR) is 112 cm³/mol. The molecule has 0 bridgehead atoms. The molecular weight excluding hydrogens is 423 g/mol. The molecule has 0 atom stereocenters. The summed E-state index contributed by atoms with van der Waals surface area (Å²) in [5.74, 6) is -1.41. The van der Waals surface area contributed by atoms with E-state index in [-0.39, 0.29) is 28.3 Å². The van der Waals surface area contributed by atoms with E-state index in [1.54, 1.807) is 24.3 Å². The van der Waals surface area contributed by atoms with E-state index in [1.807, 2.05) is 0 Å². The van der Waals surface area contributed by atoms with Gasteiger partial charge >= 0.3 is 6.18 Å². The molecule has 0 saturated carbocycles. The Morgan fingerprint density at radius 3 is 2.28 bits per heavy atom. The maximum Gasteiger partial charge on any atom is 0.416 e. The minimum Gasteiger partial charge on any atom is -0.504 e. The van der Waals surface area contributed by atoms with Crippen LogP contribution >= 0.6 is 0 Å². The van der Waals surface area contributed by atoms with Crippen LogP contribution in [0.25, 0.3) is 11.6 Å². The molecule has 0 aromatic heterocycles. The van der Waals surface area contributed by atoms with Crippen molar-refractivity contribution in [1.82, 2.24) is 0 Å². The van der Waals surface area contributed by atoms with Gasteiger partial charge in [-0.25, -0.2) is 4.90 Å². The van der Waals surface area contributed by atoms with E-state index < -0.39 is 23.6 Å². The van der Waals surface area contributed by atoms with Gasteiger partial charge in [-0.3, -0.25) is 9.59 Å². The Balaban J connectivity index is 1.87. The van der Waals surface area contributed by atoms with E-state index in [9.17, 15) is 27.9 Å². The fraction of sp³-hybridized carbons (Fsp3) is 0.0833. The number of fused-ring (bicyclic) bond motifs is 1. The van der Waals surface area contributed by atoms with Crippen LogP contribution in [0.5, 0.6) is 11.5 Å². The zero-order valence-electron chi connectivity index (χ0n) is 16.7. The first kappa shape index (κ1) is 21.2. The zero-order chi connectivity index (χ0) is 23.0. The van der Waals surface area contributed by atoms with Gasteiger partial charge in [0.1, 0.15) is 0 Å². The Bertz CT molecular complexity index is 1260. The van der Waals surface area contributed by atoms with E-state index in [1.165, 1.54) is 37.5 Å². The number of benzene rings is 3. The second-order valence-electron chi connectivity index (χ2n) is 7.03. The minimum atomic E-state index is -4.63. The fourth-order valence-corrected chi connectivity index (χ4v) is 3.51. The summed E-state index contributed by atoms with van der Waals surface area (Å²) in [4.78, 5) is 27.1. The molecule has 32 heavy (non-hydrogen) atoms. The highest BCUT2D eigenvalue weighted by molar-refractivity contribution is 6.43. The Labute approximate surface area is 181 Å². The maximum atomic E-state index is 13.3. The Morgan fingerprint density at radius 1 is 0.906 bits per heavy atom. The average molecular weight is 439 g/mol. The van der Waals surface area contributed by atoms with E-state index >= 15 is 0 Å². The molecular formula is C24H16F3NO4. The molecule has 1 N–H and O–H groups in total. The predicted octanol–water partition coefficient (Wildman–Crippen LogP) is 5.15. The molecule has 0 fully saturated rings. The topological polar surface area (TPSA) is 66.8 Å². The number of ether oxygens (including phenoxy) is 1. The van der Waals surface area contributed by atoms with Gasteiger partial charge in [0.05, 0.1) is 18.4 Å². The molecule has 2 amide bonds. The molecule has 0 spiro atoms. The van der Waals surface area contributed by atoms with Gasteiger partial charge in [0.2, 0.25) is 0 Å². The number of carbonyl (C=O) groups is 2. The third kappa shape index (κ3) is 3.71. The summed E-state index contributed by atoms with van der Waals surface area (Å²) >= 11 is 0. The number of anilines is 1. The van der Waals surface area contributed by atoms with Crippen LogP contribution in [0, 0.1) is 0 Å². The number of imide groups is 1. The van der Waals surface area contributed by atoms with Gasteiger partial charge in [0.15, 0.2) is 11.5 Å². The van der Waals surface area contributed by atoms with Crippen LogP contribution in [0.4, 0.5) is 18.9 Å². The minimum absolute atomic E-state index is 0.0992. The van der Waals surface area contributed by atoms with Gasteiger partial charge in [-0.15, -0.1) is 0 Å². The molecule has 1 heterocycles. The summed E-state index contributed by atoms with van der Waals surface area (Å²) in [6.07, 6.45) is -3.16. The van der Waals surface area contributed by atoms with Crippen molar-refractivity contribution in [2.75, 3.05) is 12.0 Å². The molecule has 4 rings (SSSR count). The molecule has 5 nitrogen and oxygen atoms in total. The number of hydrogen-bond donors (Lipinski definition) is 1. The normalized spacial score (nSPS) is 15.1.